The van der Waals surface area contributed by atoms with Crippen LogP contribution in [0.4, 0.5) is 0 Å². The number of nitrogens with zero attached hydrogens (tertiary/aromatic N) is 4. The molecule has 21 heavy (non-hydrogen) atoms. The number of rotatable bonds is 2. The number of fused-ring (bicyclic) bond motifs is 1. The molecule has 1 aromatic carbocycles. The van der Waals surface area contributed by atoms with E-state index in [1.54, 1.807) is 0 Å². The van der Waals surface area contributed by atoms with Crippen molar-refractivity contribution in [2.24, 2.45) is 5.73 Å². The molecule has 2 heterocycles. The molecular weight excluding hydrogens is 266 g/mol. The molecule has 0 radical (unpaired) electrons. The van der Waals surface area contributed by atoms with E-state index in [1.165, 1.54) is 0 Å². The molecule has 1 amide bonds. The van der Waals surface area contributed by atoms with Crippen LogP contribution in [0.5, 0.6) is 0 Å². The third-order valence-corrected chi connectivity index (χ3v) is 4.29. The first kappa shape index (κ1) is 12.5. The zero-order valence-electron chi connectivity index (χ0n) is 11.7. The third kappa shape index (κ3) is 2.03. The van der Waals surface area contributed by atoms with Gasteiger partial charge in [-0.15, -0.1) is 10.2 Å². The highest BCUT2D eigenvalue weighted by Crippen LogP contribution is 2.35. The predicted octanol–water partition coefficient (Wildman–Crippen LogP) is 0.779. The maximum atomic E-state index is 12.3. The normalized spacial score (nSPS) is 19.2. The van der Waals surface area contributed by atoms with Crippen molar-refractivity contribution in [3.8, 4) is 11.4 Å². The summed E-state index contributed by atoms with van der Waals surface area (Å²) >= 11 is 0. The highest BCUT2D eigenvalue weighted by molar-refractivity contribution is 5.89. The van der Waals surface area contributed by atoms with Crippen LogP contribution in [0.2, 0.25) is 0 Å². The smallest absolute Gasteiger partial charge is 0.243 e. The van der Waals surface area contributed by atoms with Gasteiger partial charge in [0.25, 0.3) is 0 Å². The zero-order chi connectivity index (χ0) is 14.4. The second kappa shape index (κ2) is 4.39. The summed E-state index contributed by atoms with van der Waals surface area (Å²) in [6, 6.07) is 10.00. The van der Waals surface area contributed by atoms with Gasteiger partial charge in [0.15, 0.2) is 11.6 Å². The maximum absolute atomic E-state index is 12.3. The number of aromatic nitrogens is 3. The lowest BCUT2D eigenvalue weighted by atomic mass is 10.2. The summed E-state index contributed by atoms with van der Waals surface area (Å²) in [4.78, 5) is 14.1. The first-order chi connectivity index (χ1) is 10.2. The number of nitrogens with two attached hydrogens (primary N) is 1. The van der Waals surface area contributed by atoms with E-state index in [2.05, 4.69) is 14.8 Å². The molecule has 6 nitrogen and oxygen atoms in total. The molecule has 6 heteroatoms. The lowest BCUT2D eigenvalue weighted by Gasteiger charge is -2.29. The Kier molecular flexibility index (Phi) is 2.62. The minimum absolute atomic E-state index is 0.0537. The molecule has 0 atom stereocenters. The topological polar surface area (TPSA) is 77.0 Å². The molecule has 2 N–H and O–H groups in total. The lowest BCUT2D eigenvalue weighted by Crippen LogP contribution is -2.48. The molecule has 1 saturated carbocycles. The molecule has 108 valence electrons. The Morgan fingerprint density at radius 1 is 1.14 bits per heavy atom. The van der Waals surface area contributed by atoms with Crippen LogP contribution in [0.15, 0.2) is 30.3 Å². The molecule has 4 rings (SSSR count). The van der Waals surface area contributed by atoms with E-state index in [4.69, 9.17) is 5.73 Å². The first-order valence-electron chi connectivity index (χ1n) is 7.23. The summed E-state index contributed by atoms with van der Waals surface area (Å²) in [6.45, 7) is 1.88. The predicted molar refractivity (Wildman–Crippen MR) is 77.0 cm³/mol. The van der Waals surface area contributed by atoms with Gasteiger partial charge in [-0.1, -0.05) is 30.3 Å². The molecule has 0 unspecified atom stereocenters. The fraction of sp³-hybridized carbons (Fsp3) is 0.400. The van der Waals surface area contributed by atoms with Crippen LogP contribution >= 0.6 is 0 Å². The highest BCUT2D eigenvalue weighted by Gasteiger charge is 2.48. The molecule has 2 aliphatic rings. The number of hydrogen-bond acceptors (Lipinski definition) is 4. The molecule has 1 aliphatic heterocycles. The van der Waals surface area contributed by atoms with E-state index in [9.17, 15) is 4.79 Å². The Morgan fingerprint density at radius 2 is 1.90 bits per heavy atom. The Balaban J connectivity index is 1.61. The fourth-order valence-corrected chi connectivity index (χ4v) is 2.80. The summed E-state index contributed by atoms with van der Waals surface area (Å²) in [5.74, 6) is 1.75. The largest absolute Gasteiger partial charge is 0.332 e. The van der Waals surface area contributed by atoms with Crippen molar-refractivity contribution in [1.29, 1.82) is 0 Å². The van der Waals surface area contributed by atoms with Gasteiger partial charge in [0.1, 0.15) is 0 Å². The van der Waals surface area contributed by atoms with Crippen molar-refractivity contribution in [2.75, 3.05) is 6.54 Å². The average Bonchev–Trinajstić information content (AvgIpc) is 3.14. The second-order valence-electron chi connectivity index (χ2n) is 5.84. The fourth-order valence-electron chi connectivity index (χ4n) is 2.80. The van der Waals surface area contributed by atoms with E-state index < -0.39 is 5.54 Å². The molecule has 1 fully saturated rings. The van der Waals surface area contributed by atoms with E-state index in [0.29, 0.717) is 19.6 Å². The monoisotopic (exact) mass is 283 g/mol. The quantitative estimate of drug-likeness (QED) is 0.883. The SMILES string of the molecule is NC1(C(=O)N2CCn3c(nnc3-c3ccccc3)C2)CC1. The Bertz CT molecular complexity index is 689. The van der Waals surface area contributed by atoms with Crippen LogP contribution in [-0.2, 0) is 17.9 Å². The number of carbonyl (C=O) groups excluding carboxylic acids is 1. The number of benzene rings is 1. The van der Waals surface area contributed by atoms with Crippen LogP contribution < -0.4 is 5.73 Å². The average molecular weight is 283 g/mol. The summed E-state index contributed by atoms with van der Waals surface area (Å²) in [6.07, 6.45) is 1.59. The van der Waals surface area contributed by atoms with Gasteiger partial charge < -0.3 is 15.2 Å². The molecule has 0 bridgehead atoms. The lowest BCUT2D eigenvalue weighted by molar-refractivity contribution is -0.135. The van der Waals surface area contributed by atoms with Gasteiger partial charge in [-0.25, -0.2) is 0 Å². The molecule has 1 aliphatic carbocycles. The van der Waals surface area contributed by atoms with E-state index in [1.807, 2.05) is 35.2 Å². The standard InChI is InChI=1S/C15H17N5O/c16-15(6-7-15)14(21)19-8-9-20-12(10-19)17-18-13(20)11-4-2-1-3-5-11/h1-5H,6-10,16H2. The van der Waals surface area contributed by atoms with Gasteiger partial charge >= 0.3 is 0 Å². The molecule has 1 aromatic heterocycles. The number of carbonyl (C=O) groups is 1. The molecule has 0 spiro atoms. The van der Waals surface area contributed by atoms with E-state index >= 15 is 0 Å². The van der Waals surface area contributed by atoms with Crippen LogP contribution in [0.1, 0.15) is 18.7 Å². The van der Waals surface area contributed by atoms with Crippen molar-refractivity contribution >= 4 is 5.91 Å². The number of amides is 1. The molecular formula is C15H17N5O. The van der Waals surface area contributed by atoms with Gasteiger partial charge in [-0.3, -0.25) is 4.79 Å². The van der Waals surface area contributed by atoms with Crippen molar-refractivity contribution in [3.63, 3.8) is 0 Å². The highest BCUT2D eigenvalue weighted by atomic mass is 16.2. The van der Waals surface area contributed by atoms with Gasteiger partial charge in [-0.2, -0.15) is 0 Å². The van der Waals surface area contributed by atoms with Gasteiger partial charge in [0.05, 0.1) is 12.1 Å². The Morgan fingerprint density at radius 3 is 2.62 bits per heavy atom. The number of hydrogen-bond donors (Lipinski definition) is 1. The van der Waals surface area contributed by atoms with Crippen LogP contribution in [0.25, 0.3) is 11.4 Å². The van der Waals surface area contributed by atoms with Crippen molar-refractivity contribution in [2.45, 2.75) is 31.5 Å². The third-order valence-electron chi connectivity index (χ3n) is 4.29. The summed E-state index contributed by atoms with van der Waals surface area (Å²) in [5, 5.41) is 8.53. The Hall–Kier alpha value is -2.21. The van der Waals surface area contributed by atoms with Crippen LogP contribution in [0, 0.1) is 0 Å². The zero-order valence-corrected chi connectivity index (χ0v) is 11.7. The van der Waals surface area contributed by atoms with Crippen LogP contribution in [-0.4, -0.2) is 37.7 Å². The van der Waals surface area contributed by atoms with E-state index in [-0.39, 0.29) is 5.91 Å². The minimum atomic E-state index is -0.607. The Labute approximate surface area is 122 Å². The maximum Gasteiger partial charge on any atom is 0.243 e. The van der Waals surface area contributed by atoms with Crippen molar-refractivity contribution in [3.05, 3.63) is 36.2 Å². The van der Waals surface area contributed by atoms with E-state index in [0.717, 1.165) is 30.1 Å². The second-order valence-corrected chi connectivity index (χ2v) is 5.84. The van der Waals surface area contributed by atoms with Gasteiger partial charge in [0, 0.05) is 18.7 Å². The molecule has 2 aromatic rings. The van der Waals surface area contributed by atoms with Crippen molar-refractivity contribution < 1.29 is 4.79 Å². The van der Waals surface area contributed by atoms with Crippen molar-refractivity contribution in [1.82, 2.24) is 19.7 Å². The van der Waals surface area contributed by atoms with Gasteiger partial charge in [0.2, 0.25) is 5.91 Å². The summed E-state index contributed by atoms with van der Waals surface area (Å²) < 4.78 is 2.09. The summed E-state index contributed by atoms with van der Waals surface area (Å²) in [7, 11) is 0. The van der Waals surface area contributed by atoms with Gasteiger partial charge in [-0.05, 0) is 12.8 Å². The molecule has 0 saturated heterocycles. The first-order valence-corrected chi connectivity index (χ1v) is 7.23. The van der Waals surface area contributed by atoms with Crippen LogP contribution in [0.3, 0.4) is 0 Å². The summed E-state index contributed by atoms with van der Waals surface area (Å²) in [5.41, 5.74) is 6.45. The minimum Gasteiger partial charge on any atom is -0.332 e.